The average molecular weight is 389 g/mol. The van der Waals surface area contributed by atoms with Crippen LogP contribution >= 0.6 is 0 Å². The molecule has 2 heteroatoms. The van der Waals surface area contributed by atoms with E-state index >= 15 is 0 Å². The van der Waals surface area contributed by atoms with Gasteiger partial charge in [-0.1, -0.05) is 53.6 Å². The number of aryl methyl sites for hydroxylation is 6. The van der Waals surface area contributed by atoms with E-state index in [1.54, 1.807) is 0 Å². The summed E-state index contributed by atoms with van der Waals surface area (Å²) in [6.45, 7) is 17.1. The Balaban J connectivity index is 2.43. The van der Waals surface area contributed by atoms with Crippen molar-refractivity contribution in [2.45, 2.75) is 54.6 Å². The lowest BCUT2D eigenvalue weighted by atomic mass is 9.89. The molecule has 3 aromatic carbocycles. The predicted molar refractivity (Wildman–Crippen MR) is 125 cm³/mol. The average Bonchev–Trinajstić information content (AvgIpc) is 2.51. The molecule has 0 spiro atoms. The van der Waals surface area contributed by atoms with Crippen LogP contribution in [0.15, 0.2) is 42.5 Å². The molecular weight excluding hydrogens is 356 g/mol. The molecule has 0 aliphatic heterocycles. The fourth-order valence-electron chi connectivity index (χ4n) is 4.84. The Morgan fingerprint density at radius 2 is 0.929 bits per heavy atom. The summed E-state index contributed by atoms with van der Waals surface area (Å²) >= 11 is 0. The Morgan fingerprint density at radius 3 is 1.21 bits per heavy atom. The number of hydrogen-bond donors (Lipinski definition) is 1. The molecule has 0 saturated carbocycles. The number of rotatable bonds is 3. The van der Waals surface area contributed by atoms with Crippen molar-refractivity contribution in [1.82, 2.24) is 0 Å². The SMILES string of the molecule is Cc1cc(C)c(-c2cccc(-c3c(C)cc(C)cc3C)c2[Si](C)(C)O)c(C)c1. The fraction of sp³-hybridized carbons (Fsp3) is 0.308. The van der Waals surface area contributed by atoms with E-state index in [0.717, 1.165) is 5.19 Å². The van der Waals surface area contributed by atoms with Crippen LogP contribution in [0.1, 0.15) is 33.4 Å². The van der Waals surface area contributed by atoms with Crippen LogP contribution in [-0.4, -0.2) is 13.1 Å². The summed E-state index contributed by atoms with van der Waals surface area (Å²) in [5.41, 5.74) is 12.5. The van der Waals surface area contributed by atoms with Gasteiger partial charge in [0.25, 0.3) is 0 Å². The molecule has 0 radical (unpaired) electrons. The zero-order valence-corrected chi connectivity index (χ0v) is 19.5. The van der Waals surface area contributed by atoms with Gasteiger partial charge >= 0.3 is 0 Å². The largest absolute Gasteiger partial charge is 0.428 e. The first-order chi connectivity index (χ1) is 13.0. The van der Waals surface area contributed by atoms with E-state index in [2.05, 4.69) is 84.0 Å². The van der Waals surface area contributed by atoms with Gasteiger partial charge in [-0.25, -0.2) is 0 Å². The maximum atomic E-state index is 11.4. The van der Waals surface area contributed by atoms with Gasteiger partial charge in [-0.2, -0.15) is 0 Å². The summed E-state index contributed by atoms with van der Waals surface area (Å²) in [4.78, 5) is 11.4. The van der Waals surface area contributed by atoms with Gasteiger partial charge in [0.15, 0.2) is 0 Å². The fourth-order valence-corrected chi connectivity index (χ4v) is 6.57. The molecule has 0 aliphatic carbocycles. The van der Waals surface area contributed by atoms with E-state index in [0.29, 0.717) is 0 Å². The highest BCUT2D eigenvalue weighted by molar-refractivity contribution is 6.85. The van der Waals surface area contributed by atoms with Gasteiger partial charge in [-0.05, 0) is 104 Å². The zero-order valence-electron chi connectivity index (χ0n) is 18.5. The van der Waals surface area contributed by atoms with Gasteiger partial charge in [-0.3, -0.25) is 0 Å². The zero-order chi connectivity index (χ0) is 20.8. The quantitative estimate of drug-likeness (QED) is 0.524. The molecule has 1 N–H and O–H groups in total. The van der Waals surface area contributed by atoms with Crippen molar-refractivity contribution in [3.63, 3.8) is 0 Å². The minimum absolute atomic E-state index is 1.14. The van der Waals surface area contributed by atoms with Crippen LogP contribution < -0.4 is 5.19 Å². The smallest absolute Gasteiger partial charge is 0.215 e. The molecule has 0 saturated heterocycles. The van der Waals surface area contributed by atoms with Crippen LogP contribution in [-0.2, 0) is 0 Å². The highest BCUT2D eigenvalue weighted by atomic mass is 28.4. The second-order valence-electron chi connectivity index (χ2n) is 8.83. The van der Waals surface area contributed by atoms with E-state index in [1.165, 1.54) is 55.6 Å². The van der Waals surface area contributed by atoms with Crippen molar-refractivity contribution in [3.05, 3.63) is 75.8 Å². The standard InChI is InChI=1S/C26H32OSi/c1-16-12-18(3)24(19(4)13-16)22-10-9-11-23(26(22)28(7,8)27)25-20(5)14-17(2)15-21(25)6/h9-15,27H,1-8H3. The normalized spacial score (nSPS) is 11.8. The van der Waals surface area contributed by atoms with Gasteiger partial charge in [-0.15, -0.1) is 0 Å². The molecule has 0 amide bonds. The predicted octanol–water partition coefficient (Wildman–Crippen LogP) is 6.28. The summed E-state index contributed by atoms with van der Waals surface area (Å²) in [6.07, 6.45) is 0. The molecule has 0 aliphatic rings. The highest BCUT2D eigenvalue weighted by Gasteiger charge is 2.30. The van der Waals surface area contributed by atoms with Gasteiger partial charge in [0.2, 0.25) is 8.32 Å². The van der Waals surface area contributed by atoms with Crippen LogP contribution in [0, 0.1) is 41.5 Å². The van der Waals surface area contributed by atoms with Crippen LogP contribution in [0.5, 0.6) is 0 Å². The van der Waals surface area contributed by atoms with Gasteiger partial charge in [0.05, 0.1) is 0 Å². The second kappa shape index (κ2) is 7.34. The maximum absolute atomic E-state index is 11.4. The van der Waals surface area contributed by atoms with E-state index in [-0.39, 0.29) is 0 Å². The maximum Gasteiger partial charge on any atom is 0.215 e. The minimum Gasteiger partial charge on any atom is -0.428 e. The third-order valence-corrected chi connectivity index (χ3v) is 7.33. The summed E-state index contributed by atoms with van der Waals surface area (Å²) in [5.74, 6) is 0. The van der Waals surface area contributed by atoms with Gasteiger partial charge in [0.1, 0.15) is 0 Å². The summed E-state index contributed by atoms with van der Waals surface area (Å²) in [7, 11) is -2.61. The topological polar surface area (TPSA) is 20.2 Å². The van der Waals surface area contributed by atoms with Crippen LogP contribution in [0.25, 0.3) is 22.3 Å². The van der Waals surface area contributed by atoms with Gasteiger partial charge < -0.3 is 4.80 Å². The molecule has 0 heterocycles. The van der Waals surface area contributed by atoms with Crippen molar-refractivity contribution in [3.8, 4) is 22.3 Å². The lowest BCUT2D eigenvalue weighted by Crippen LogP contribution is -2.44. The van der Waals surface area contributed by atoms with Crippen molar-refractivity contribution in [1.29, 1.82) is 0 Å². The van der Waals surface area contributed by atoms with Crippen LogP contribution in [0.3, 0.4) is 0 Å². The molecule has 3 rings (SSSR count). The lowest BCUT2D eigenvalue weighted by Gasteiger charge is -2.27. The Hall–Kier alpha value is -2.16. The van der Waals surface area contributed by atoms with E-state index in [1.807, 2.05) is 13.1 Å². The Labute approximate surface area is 171 Å². The molecule has 0 unspecified atom stereocenters. The molecule has 146 valence electrons. The molecular formula is C26H32OSi. The first-order valence-corrected chi connectivity index (χ1v) is 13.0. The Morgan fingerprint density at radius 1 is 0.607 bits per heavy atom. The Kier molecular flexibility index (Phi) is 5.39. The van der Waals surface area contributed by atoms with Crippen molar-refractivity contribution >= 4 is 13.5 Å². The Bertz CT molecular complexity index is 933. The number of benzene rings is 3. The van der Waals surface area contributed by atoms with Crippen LogP contribution in [0.4, 0.5) is 0 Å². The van der Waals surface area contributed by atoms with E-state index in [4.69, 9.17) is 0 Å². The number of hydrogen-bond acceptors (Lipinski definition) is 1. The van der Waals surface area contributed by atoms with Crippen molar-refractivity contribution in [2.75, 3.05) is 0 Å². The first kappa shape index (κ1) is 20.6. The van der Waals surface area contributed by atoms with Crippen molar-refractivity contribution in [2.24, 2.45) is 0 Å². The third kappa shape index (κ3) is 3.72. The third-order valence-electron chi connectivity index (χ3n) is 5.57. The molecule has 0 aromatic heterocycles. The van der Waals surface area contributed by atoms with E-state index < -0.39 is 8.32 Å². The van der Waals surface area contributed by atoms with Gasteiger partial charge in [0, 0.05) is 0 Å². The molecule has 0 atom stereocenters. The van der Waals surface area contributed by atoms with Crippen molar-refractivity contribution < 1.29 is 4.80 Å². The van der Waals surface area contributed by atoms with E-state index in [9.17, 15) is 4.80 Å². The summed E-state index contributed by atoms with van der Waals surface area (Å²) < 4.78 is 0. The second-order valence-corrected chi connectivity index (χ2v) is 12.5. The first-order valence-electron chi connectivity index (χ1n) is 10.0. The minimum atomic E-state index is -2.61. The monoisotopic (exact) mass is 388 g/mol. The highest BCUT2D eigenvalue weighted by Crippen LogP contribution is 2.34. The summed E-state index contributed by atoms with van der Waals surface area (Å²) in [5, 5.41) is 1.14. The molecule has 0 bridgehead atoms. The molecule has 0 fully saturated rings. The van der Waals surface area contributed by atoms with Crippen LogP contribution in [0.2, 0.25) is 13.1 Å². The molecule has 3 aromatic rings. The molecule has 1 nitrogen and oxygen atoms in total. The summed E-state index contributed by atoms with van der Waals surface area (Å²) in [6, 6.07) is 15.5. The lowest BCUT2D eigenvalue weighted by molar-refractivity contribution is 0.569. The molecule has 28 heavy (non-hydrogen) atoms.